The van der Waals surface area contributed by atoms with Crippen molar-refractivity contribution in [3.05, 3.63) is 24.3 Å². The lowest BCUT2D eigenvalue weighted by molar-refractivity contribution is -0.222. The topological polar surface area (TPSA) is 79.4 Å². The molecule has 0 unspecified atom stereocenters. The molecule has 2 aliphatic heterocycles. The molecule has 2 fully saturated rings. The largest absolute Gasteiger partial charge is 0.495 e. The van der Waals surface area contributed by atoms with Crippen molar-refractivity contribution in [1.29, 1.82) is 0 Å². The third-order valence-electron chi connectivity index (χ3n) is 4.97. The van der Waals surface area contributed by atoms with Crippen molar-refractivity contribution in [2.75, 3.05) is 32.2 Å². The van der Waals surface area contributed by atoms with E-state index in [9.17, 15) is 0 Å². The maximum atomic E-state index is 6.21. The second-order valence-electron chi connectivity index (χ2n) is 7.55. The van der Waals surface area contributed by atoms with Crippen LogP contribution in [0.15, 0.2) is 24.3 Å². The Balaban J connectivity index is 1.76. The van der Waals surface area contributed by atoms with Gasteiger partial charge in [0.25, 0.3) is 0 Å². The third-order valence-corrected chi connectivity index (χ3v) is 5.19. The van der Waals surface area contributed by atoms with Crippen LogP contribution in [0.4, 0.5) is 5.69 Å². The fourth-order valence-electron chi connectivity index (χ4n) is 3.76. The van der Waals surface area contributed by atoms with Crippen molar-refractivity contribution in [2.45, 2.75) is 64.1 Å². The van der Waals surface area contributed by atoms with Crippen LogP contribution in [0.5, 0.6) is 5.75 Å². The molecule has 0 radical (unpaired) electrons. The first-order valence-corrected chi connectivity index (χ1v) is 10.7. The van der Waals surface area contributed by atoms with Crippen LogP contribution < -0.4 is 15.4 Å². The first kappa shape index (κ1) is 23.2. The van der Waals surface area contributed by atoms with E-state index in [0.29, 0.717) is 30.7 Å². The number of para-hydroxylation sites is 2. The van der Waals surface area contributed by atoms with Crippen LogP contribution >= 0.6 is 12.2 Å². The lowest BCUT2D eigenvalue weighted by Crippen LogP contribution is -2.54. The van der Waals surface area contributed by atoms with Gasteiger partial charge in [0.05, 0.1) is 25.4 Å². The Bertz CT molecular complexity index is 718. The van der Waals surface area contributed by atoms with Crippen LogP contribution in [0.25, 0.3) is 0 Å². The molecule has 1 aromatic carbocycles. The molecule has 0 aromatic heterocycles. The third kappa shape index (κ3) is 5.40. The molecule has 0 saturated carbocycles. The molecule has 8 nitrogen and oxygen atoms in total. The van der Waals surface area contributed by atoms with E-state index in [-0.39, 0.29) is 24.4 Å². The van der Waals surface area contributed by atoms with Crippen LogP contribution in [-0.2, 0) is 23.7 Å². The average molecular weight is 441 g/mol. The monoisotopic (exact) mass is 440 g/mol. The smallest absolute Gasteiger partial charge is 0.189 e. The van der Waals surface area contributed by atoms with Crippen LogP contribution in [0.3, 0.4) is 0 Å². The van der Waals surface area contributed by atoms with Gasteiger partial charge in [-0.2, -0.15) is 0 Å². The van der Waals surface area contributed by atoms with Crippen LogP contribution in [-0.4, -0.2) is 68.5 Å². The second-order valence-corrected chi connectivity index (χ2v) is 7.96. The minimum Gasteiger partial charge on any atom is -0.495 e. The molecule has 0 bridgehead atoms. The van der Waals surface area contributed by atoms with Crippen molar-refractivity contribution in [3.63, 3.8) is 0 Å². The number of hydrogen-bond acceptors (Lipinski definition) is 7. The molecule has 2 N–H and O–H groups in total. The molecular weight excluding hydrogens is 408 g/mol. The normalized spacial score (nSPS) is 28.0. The number of methoxy groups -OCH3 is 1. The highest BCUT2D eigenvalue weighted by atomic mass is 32.1. The SMILES string of the molecule is CCOC[C@@H](OCC)[C@H]1O[C@@H]2OC(C)(C)O[C@@H]2[C@H]1NC(=S)Nc1ccccc1OC. The molecule has 1 aromatic rings. The average Bonchev–Trinajstić information content (AvgIpc) is 3.18. The number of fused-ring (bicyclic) bond motifs is 1. The van der Waals surface area contributed by atoms with Gasteiger partial charge >= 0.3 is 0 Å². The molecule has 2 aliphatic rings. The molecule has 2 saturated heterocycles. The molecule has 168 valence electrons. The lowest BCUT2D eigenvalue weighted by Gasteiger charge is -2.32. The molecule has 0 aliphatic carbocycles. The molecule has 0 spiro atoms. The number of rotatable bonds is 9. The van der Waals surface area contributed by atoms with Gasteiger partial charge in [-0.15, -0.1) is 0 Å². The zero-order chi connectivity index (χ0) is 21.7. The van der Waals surface area contributed by atoms with Crippen LogP contribution in [0.2, 0.25) is 0 Å². The molecule has 0 amide bonds. The predicted octanol–water partition coefficient (Wildman–Crippen LogP) is 2.67. The summed E-state index contributed by atoms with van der Waals surface area (Å²) >= 11 is 5.59. The lowest BCUT2D eigenvalue weighted by atomic mass is 10.0. The van der Waals surface area contributed by atoms with E-state index in [1.165, 1.54) is 0 Å². The Morgan fingerprint density at radius 2 is 1.97 bits per heavy atom. The highest BCUT2D eigenvalue weighted by Crippen LogP contribution is 2.39. The van der Waals surface area contributed by atoms with E-state index in [1.54, 1.807) is 7.11 Å². The Morgan fingerprint density at radius 1 is 1.20 bits per heavy atom. The summed E-state index contributed by atoms with van der Waals surface area (Å²) in [4.78, 5) is 0. The van der Waals surface area contributed by atoms with Crippen molar-refractivity contribution in [1.82, 2.24) is 5.32 Å². The van der Waals surface area contributed by atoms with Gasteiger partial charge in [-0.1, -0.05) is 12.1 Å². The number of anilines is 1. The Hall–Kier alpha value is -1.49. The van der Waals surface area contributed by atoms with Crippen molar-refractivity contribution >= 4 is 23.0 Å². The summed E-state index contributed by atoms with van der Waals surface area (Å²) in [6, 6.07) is 7.29. The van der Waals surface area contributed by atoms with E-state index in [4.69, 9.17) is 40.6 Å². The van der Waals surface area contributed by atoms with Crippen LogP contribution in [0, 0.1) is 0 Å². The van der Waals surface area contributed by atoms with E-state index in [0.717, 1.165) is 5.69 Å². The van der Waals surface area contributed by atoms with Crippen molar-refractivity contribution < 1.29 is 28.4 Å². The highest BCUT2D eigenvalue weighted by Gasteiger charge is 2.57. The second kappa shape index (κ2) is 10.2. The zero-order valence-corrected chi connectivity index (χ0v) is 19.0. The molecule has 2 heterocycles. The van der Waals surface area contributed by atoms with Gasteiger partial charge in [0.15, 0.2) is 17.2 Å². The maximum absolute atomic E-state index is 6.21. The predicted molar refractivity (Wildman–Crippen MR) is 117 cm³/mol. The van der Waals surface area contributed by atoms with Crippen LogP contribution in [0.1, 0.15) is 27.7 Å². The Morgan fingerprint density at radius 3 is 2.67 bits per heavy atom. The van der Waals surface area contributed by atoms with Gasteiger partial charge in [-0.25, -0.2) is 0 Å². The Kier molecular flexibility index (Phi) is 7.89. The fraction of sp³-hybridized carbons (Fsp3) is 0.667. The molecule has 3 rings (SSSR count). The maximum Gasteiger partial charge on any atom is 0.189 e. The minimum atomic E-state index is -0.737. The summed E-state index contributed by atoms with van der Waals surface area (Å²) in [5.41, 5.74) is 0.768. The minimum absolute atomic E-state index is 0.288. The first-order chi connectivity index (χ1) is 14.4. The number of ether oxygens (including phenoxy) is 6. The van der Waals surface area contributed by atoms with E-state index in [1.807, 2.05) is 52.0 Å². The van der Waals surface area contributed by atoms with E-state index < -0.39 is 12.1 Å². The molecule has 5 atom stereocenters. The number of hydrogen-bond donors (Lipinski definition) is 2. The van der Waals surface area contributed by atoms with E-state index in [2.05, 4.69) is 10.6 Å². The number of nitrogens with one attached hydrogen (secondary N) is 2. The van der Waals surface area contributed by atoms with Crippen molar-refractivity contribution in [2.24, 2.45) is 0 Å². The van der Waals surface area contributed by atoms with E-state index >= 15 is 0 Å². The van der Waals surface area contributed by atoms with Crippen molar-refractivity contribution in [3.8, 4) is 5.75 Å². The molecular formula is C21H32N2O6S. The standard InChI is InChI=1S/C21H32N2O6S/c1-6-25-12-15(26-7-2)17-16(18-19(27-17)29-21(3,4)28-18)23-20(30)22-13-10-8-9-11-14(13)24-5/h8-11,15-19H,6-7,12H2,1-5H3,(H2,22,23,30)/t15-,16+,17-,18-,19-/m1/s1. The van der Waals surface area contributed by atoms with Gasteiger partial charge in [0.1, 0.15) is 24.1 Å². The summed E-state index contributed by atoms with van der Waals surface area (Å²) in [7, 11) is 1.62. The number of benzene rings is 1. The highest BCUT2D eigenvalue weighted by molar-refractivity contribution is 7.80. The van der Waals surface area contributed by atoms with Gasteiger partial charge in [-0.05, 0) is 52.0 Å². The quantitative estimate of drug-likeness (QED) is 0.563. The molecule has 9 heteroatoms. The van der Waals surface area contributed by atoms with Gasteiger partial charge in [0.2, 0.25) is 0 Å². The molecule has 30 heavy (non-hydrogen) atoms. The summed E-state index contributed by atoms with van der Waals surface area (Å²) in [6.07, 6.45) is -1.50. The van der Waals surface area contributed by atoms with Gasteiger partial charge in [-0.3, -0.25) is 0 Å². The first-order valence-electron chi connectivity index (χ1n) is 10.3. The zero-order valence-electron chi connectivity index (χ0n) is 18.2. The Labute approximate surface area is 183 Å². The van der Waals surface area contributed by atoms with Gasteiger partial charge < -0.3 is 39.1 Å². The summed E-state index contributed by atoms with van der Waals surface area (Å²) < 4.78 is 35.2. The fourth-order valence-corrected chi connectivity index (χ4v) is 4.00. The summed E-state index contributed by atoms with van der Waals surface area (Å²) in [6.45, 7) is 9.17. The summed E-state index contributed by atoms with van der Waals surface area (Å²) in [5.74, 6) is -0.0391. The summed E-state index contributed by atoms with van der Waals surface area (Å²) in [5, 5.41) is 6.98. The number of thiocarbonyl (C=S) groups is 1. The van der Waals surface area contributed by atoms with Gasteiger partial charge in [0, 0.05) is 13.2 Å².